The molecule has 0 aromatic carbocycles. The minimum Gasteiger partial charge on any atom is -0.478 e. The highest BCUT2D eigenvalue weighted by Gasteiger charge is 2.29. The molecule has 0 bridgehead atoms. The Bertz CT molecular complexity index is 320. The molecule has 0 saturated heterocycles. The SMILES string of the molecule is CN(C(=O)NC(=O)/C=C/C(=O)O)C1CC1. The second kappa shape index (κ2) is 4.59. The minimum absolute atomic E-state index is 0.209. The first-order valence-electron chi connectivity index (χ1n) is 4.49. The average molecular weight is 212 g/mol. The van der Waals surface area contributed by atoms with Crippen LogP contribution in [0.4, 0.5) is 4.79 Å². The molecule has 1 saturated carbocycles. The lowest BCUT2D eigenvalue weighted by atomic mass is 10.4. The fourth-order valence-corrected chi connectivity index (χ4v) is 1.01. The van der Waals surface area contributed by atoms with Gasteiger partial charge in [0.2, 0.25) is 0 Å². The van der Waals surface area contributed by atoms with Gasteiger partial charge in [0, 0.05) is 25.2 Å². The van der Waals surface area contributed by atoms with Crippen LogP contribution in [0.3, 0.4) is 0 Å². The summed E-state index contributed by atoms with van der Waals surface area (Å²) < 4.78 is 0. The molecule has 1 aliphatic carbocycles. The van der Waals surface area contributed by atoms with Crippen LogP contribution in [-0.4, -0.2) is 41.0 Å². The highest BCUT2D eigenvalue weighted by molar-refractivity contribution is 6.02. The number of carboxylic acids is 1. The Morgan fingerprint density at radius 1 is 1.33 bits per heavy atom. The molecule has 6 heteroatoms. The number of amides is 3. The van der Waals surface area contributed by atoms with Crippen molar-refractivity contribution in [1.29, 1.82) is 0 Å². The van der Waals surface area contributed by atoms with Crippen LogP contribution < -0.4 is 5.32 Å². The highest BCUT2D eigenvalue weighted by atomic mass is 16.4. The summed E-state index contributed by atoms with van der Waals surface area (Å²) in [6, 6.07) is -0.293. The maximum Gasteiger partial charge on any atom is 0.328 e. The zero-order valence-corrected chi connectivity index (χ0v) is 8.27. The molecule has 1 aliphatic rings. The molecule has 3 amide bonds. The number of imide groups is 1. The van der Waals surface area contributed by atoms with Gasteiger partial charge in [-0.1, -0.05) is 0 Å². The summed E-state index contributed by atoms with van der Waals surface area (Å²) >= 11 is 0. The Morgan fingerprint density at radius 3 is 2.40 bits per heavy atom. The van der Waals surface area contributed by atoms with Crippen molar-refractivity contribution in [2.45, 2.75) is 18.9 Å². The molecular weight excluding hydrogens is 200 g/mol. The third-order valence-corrected chi connectivity index (χ3v) is 2.02. The fourth-order valence-electron chi connectivity index (χ4n) is 1.01. The number of aliphatic carboxylic acids is 1. The van der Waals surface area contributed by atoms with Crippen molar-refractivity contribution in [2.75, 3.05) is 7.05 Å². The van der Waals surface area contributed by atoms with Crippen molar-refractivity contribution < 1.29 is 19.5 Å². The maximum atomic E-state index is 11.3. The number of carboxylic acid groups (broad SMARTS) is 1. The van der Waals surface area contributed by atoms with Gasteiger partial charge in [-0.3, -0.25) is 10.1 Å². The van der Waals surface area contributed by atoms with Crippen molar-refractivity contribution >= 4 is 17.9 Å². The van der Waals surface area contributed by atoms with Crippen LogP contribution in [0, 0.1) is 0 Å². The Hall–Kier alpha value is -1.85. The number of rotatable bonds is 3. The summed E-state index contributed by atoms with van der Waals surface area (Å²) in [4.78, 5) is 33.8. The molecule has 82 valence electrons. The van der Waals surface area contributed by atoms with Gasteiger partial charge in [-0.25, -0.2) is 9.59 Å². The molecule has 6 nitrogen and oxygen atoms in total. The maximum absolute atomic E-state index is 11.3. The molecule has 2 N–H and O–H groups in total. The topological polar surface area (TPSA) is 86.7 Å². The lowest BCUT2D eigenvalue weighted by Gasteiger charge is -2.15. The summed E-state index contributed by atoms with van der Waals surface area (Å²) in [7, 11) is 1.60. The van der Waals surface area contributed by atoms with Crippen molar-refractivity contribution in [3.05, 3.63) is 12.2 Å². The van der Waals surface area contributed by atoms with E-state index in [1.54, 1.807) is 7.05 Å². The molecule has 0 heterocycles. The molecule has 0 atom stereocenters. The first kappa shape index (κ1) is 11.2. The summed E-state index contributed by atoms with van der Waals surface area (Å²) in [5.74, 6) is -1.96. The number of hydrogen-bond acceptors (Lipinski definition) is 3. The van der Waals surface area contributed by atoms with Gasteiger partial charge < -0.3 is 10.0 Å². The van der Waals surface area contributed by atoms with E-state index in [0.29, 0.717) is 6.08 Å². The van der Waals surface area contributed by atoms with E-state index in [9.17, 15) is 14.4 Å². The molecule has 15 heavy (non-hydrogen) atoms. The molecule has 0 aromatic heterocycles. The largest absolute Gasteiger partial charge is 0.478 e. The van der Waals surface area contributed by atoms with Gasteiger partial charge >= 0.3 is 12.0 Å². The zero-order valence-electron chi connectivity index (χ0n) is 8.27. The number of urea groups is 1. The Morgan fingerprint density at radius 2 is 1.93 bits per heavy atom. The van der Waals surface area contributed by atoms with Crippen molar-refractivity contribution in [1.82, 2.24) is 10.2 Å². The van der Waals surface area contributed by atoms with Crippen molar-refractivity contribution in [3.63, 3.8) is 0 Å². The molecule has 1 rings (SSSR count). The lowest BCUT2D eigenvalue weighted by Crippen LogP contribution is -2.41. The van der Waals surface area contributed by atoms with Crippen LogP contribution in [0.15, 0.2) is 12.2 Å². The van der Waals surface area contributed by atoms with Gasteiger partial charge in [0.1, 0.15) is 0 Å². The molecular formula is C9H12N2O4. The number of hydrogen-bond donors (Lipinski definition) is 2. The average Bonchev–Trinajstić information content (AvgIpc) is 2.96. The van der Waals surface area contributed by atoms with Crippen molar-refractivity contribution in [2.24, 2.45) is 0 Å². The van der Waals surface area contributed by atoms with Crippen LogP contribution >= 0.6 is 0 Å². The van der Waals surface area contributed by atoms with E-state index in [0.717, 1.165) is 18.9 Å². The number of carbonyl (C=O) groups is 3. The smallest absolute Gasteiger partial charge is 0.328 e. The van der Waals surface area contributed by atoms with E-state index in [4.69, 9.17) is 5.11 Å². The molecule has 0 aromatic rings. The zero-order chi connectivity index (χ0) is 11.4. The predicted molar refractivity (Wildman–Crippen MR) is 51.1 cm³/mol. The van der Waals surface area contributed by atoms with Gasteiger partial charge in [0.05, 0.1) is 0 Å². The predicted octanol–water partition coefficient (Wildman–Crippen LogP) is -0.0424. The first-order valence-corrected chi connectivity index (χ1v) is 4.49. The van der Waals surface area contributed by atoms with Gasteiger partial charge in [-0.2, -0.15) is 0 Å². The second-order valence-electron chi connectivity index (χ2n) is 3.31. The Labute approximate surface area is 86.6 Å². The standard InChI is InChI=1S/C9H12N2O4/c1-11(6-2-3-6)9(15)10-7(12)4-5-8(13)14/h4-6H,2-3H2,1H3,(H,13,14)(H,10,12,15)/b5-4+. The van der Waals surface area contributed by atoms with E-state index in [1.165, 1.54) is 4.90 Å². The monoisotopic (exact) mass is 212 g/mol. The molecule has 1 fully saturated rings. The van der Waals surface area contributed by atoms with Crippen molar-refractivity contribution in [3.8, 4) is 0 Å². The fraction of sp³-hybridized carbons (Fsp3) is 0.444. The quantitative estimate of drug-likeness (QED) is 0.642. The van der Waals surface area contributed by atoms with E-state index < -0.39 is 17.9 Å². The van der Waals surface area contributed by atoms with E-state index in [1.807, 2.05) is 0 Å². The van der Waals surface area contributed by atoms with Crippen LogP contribution in [0.1, 0.15) is 12.8 Å². The molecule has 0 radical (unpaired) electrons. The van der Waals surface area contributed by atoms with Crippen LogP contribution in [0.25, 0.3) is 0 Å². The second-order valence-corrected chi connectivity index (χ2v) is 3.31. The number of carbonyl (C=O) groups excluding carboxylic acids is 2. The van der Waals surface area contributed by atoms with E-state index in [2.05, 4.69) is 5.32 Å². The van der Waals surface area contributed by atoms with E-state index in [-0.39, 0.29) is 6.04 Å². The van der Waals surface area contributed by atoms with Gasteiger partial charge in [-0.15, -0.1) is 0 Å². The van der Waals surface area contributed by atoms with Gasteiger partial charge in [-0.05, 0) is 12.8 Å². The molecule has 0 spiro atoms. The third-order valence-electron chi connectivity index (χ3n) is 2.02. The van der Waals surface area contributed by atoms with Gasteiger partial charge in [0.25, 0.3) is 5.91 Å². The lowest BCUT2D eigenvalue weighted by molar-refractivity contribution is -0.131. The third kappa shape index (κ3) is 3.80. The summed E-state index contributed by atoms with van der Waals surface area (Å²) in [6.45, 7) is 0. The summed E-state index contributed by atoms with van der Waals surface area (Å²) in [5.41, 5.74) is 0. The van der Waals surface area contributed by atoms with E-state index >= 15 is 0 Å². The van der Waals surface area contributed by atoms with Crippen LogP contribution in [-0.2, 0) is 9.59 Å². The Balaban J connectivity index is 2.36. The molecule has 0 aliphatic heterocycles. The first-order chi connectivity index (χ1) is 7.00. The summed E-state index contributed by atoms with van der Waals surface area (Å²) in [5, 5.41) is 10.3. The highest BCUT2D eigenvalue weighted by Crippen LogP contribution is 2.24. The number of nitrogens with zero attached hydrogens (tertiary/aromatic N) is 1. The Kier molecular flexibility index (Phi) is 3.43. The van der Waals surface area contributed by atoms with Crippen LogP contribution in [0.2, 0.25) is 0 Å². The minimum atomic E-state index is -1.23. The van der Waals surface area contributed by atoms with Crippen LogP contribution in [0.5, 0.6) is 0 Å². The molecule has 0 unspecified atom stereocenters. The normalized spacial score (nSPS) is 15.0. The summed E-state index contributed by atoms with van der Waals surface area (Å²) in [6.07, 6.45) is 3.38. The number of nitrogens with one attached hydrogen (secondary N) is 1. The van der Waals surface area contributed by atoms with Gasteiger partial charge in [0.15, 0.2) is 0 Å².